The Balaban J connectivity index is 1.45. The summed E-state index contributed by atoms with van der Waals surface area (Å²) in [6, 6.07) is 11.6. The number of imidazole rings is 1. The number of hydrogen-bond donors (Lipinski definition) is 2. The first-order valence-corrected chi connectivity index (χ1v) is 9.45. The number of anilines is 1. The zero-order chi connectivity index (χ0) is 21.5. The lowest BCUT2D eigenvalue weighted by Crippen LogP contribution is -2.35. The first-order chi connectivity index (χ1) is 14.2. The maximum atomic E-state index is 13.0. The number of carbonyl (C=O) groups excluding carboxylic acids is 2. The first-order valence-electron chi connectivity index (χ1n) is 9.45. The molecule has 1 aliphatic rings. The summed E-state index contributed by atoms with van der Waals surface area (Å²) in [6.45, 7) is 1.80. The molecule has 0 spiro atoms. The Morgan fingerprint density at radius 2 is 2.00 bits per heavy atom. The lowest BCUT2D eigenvalue weighted by molar-refractivity contribution is -0.137. The number of alkyl halides is 3. The Bertz CT molecular complexity index is 1080. The van der Waals surface area contributed by atoms with Gasteiger partial charge < -0.3 is 15.2 Å². The van der Waals surface area contributed by atoms with Gasteiger partial charge in [0.25, 0.3) is 0 Å². The summed E-state index contributed by atoms with van der Waals surface area (Å²) in [4.78, 5) is 33.9. The Labute approximate surface area is 170 Å². The van der Waals surface area contributed by atoms with Crippen molar-refractivity contribution in [3.8, 4) is 0 Å². The van der Waals surface area contributed by atoms with E-state index >= 15 is 0 Å². The van der Waals surface area contributed by atoms with Crippen LogP contribution in [0, 0.1) is 5.92 Å². The number of aromatic amines is 1. The minimum Gasteiger partial charge on any atom is -0.346 e. The van der Waals surface area contributed by atoms with Crippen LogP contribution in [0.5, 0.6) is 0 Å². The van der Waals surface area contributed by atoms with Crippen molar-refractivity contribution in [3.05, 3.63) is 59.9 Å². The van der Waals surface area contributed by atoms with E-state index in [1.54, 1.807) is 6.92 Å². The summed E-state index contributed by atoms with van der Waals surface area (Å²) in [6.07, 6.45) is -4.56. The number of nitrogens with one attached hydrogen (secondary N) is 2. The number of H-pyrrole nitrogens is 1. The topological polar surface area (TPSA) is 78.1 Å². The second kappa shape index (κ2) is 7.47. The van der Waals surface area contributed by atoms with E-state index in [0.717, 1.165) is 23.2 Å². The smallest absolute Gasteiger partial charge is 0.346 e. The highest BCUT2D eigenvalue weighted by Crippen LogP contribution is 2.33. The van der Waals surface area contributed by atoms with E-state index in [-0.39, 0.29) is 30.5 Å². The van der Waals surface area contributed by atoms with Gasteiger partial charge in [-0.1, -0.05) is 18.2 Å². The van der Waals surface area contributed by atoms with Gasteiger partial charge in [-0.2, -0.15) is 13.2 Å². The van der Waals surface area contributed by atoms with Gasteiger partial charge in [0.1, 0.15) is 5.82 Å². The molecule has 2 atom stereocenters. The highest BCUT2D eigenvalue weighted by molar-refractivity contribution is 6.00. The molecule has 0 aliphatic carbocycles. The Kier molecular flexibility index (Phi) is 4.97. The monoisotopic (exact) mass is 416 g/mol. The van der Waals surface area contributed by atoms with Gasteiger partial charge in [-0.05, 0) is 37.3 Å². The molecule has 0 radical (unpaired) electrons. The molecule has 1 fully saturated rings. The van der Waals surface area contributed by atoms with Gasteiger partial charge in [0.05, 0.1) is 28.6 Å². The third kappa shape index (κ3) is 3.87. The van der Waals surface area contributed by atoms with Crippen LogP contribution in [-0.4, -0.2) is 28.3 Å². The average molecular weight is 416 g/mol. The molecule has 2 aromatic carbocycles. The maximum Gasteiger partial charge on any atom is 0.416 e. The molecule has 30 heavy (non-hydrogen) atoms. The molecular weight excluding hydrogens is 397 g/mol. The molecule has 1 aliphatic heterocycles. The Morgan fingerprint density at radius 1 is 1.23 bits per heavy atom. The number of aromatic nitrogens is 2. The summed E-state index contributed by atoms with van der Waals surface area (Å²) < 4.78 is 38.9. The fourth-order valence-electron chi connectivity index (χ4n) is 3.56. The Morgan fingerprint density at radius 3 is 2.73 bits per heavy atom. The van der Waals surface area contributed by atoms with Crippen LogP contribution in [0.4, 0.5) is 18.9 Å². The van der Waals surface area contributed by atoms with E-state index in [9.17, 15) is 22.8 Å². The van der Waals surface area contributed by atoms with Crippen molar-refractivity contribution in [3.63, 3.8) is 0 Å². The molecule has 0 saturated carbocycles. The predicted molar refractivity (Wildman–Crippen MR) is 105 cm³/mol. The van der Waals surface area contributed by atoms with E-state index in [0.29, 0.717) is 5.82 Å². The zero-order valence-electron chi connectivity index (χ0n) is 16.0. The van der Waals surface area contributed by atoms with Gasteiger partial charge >= 0.3 is 6.18 Å². The largest absolute Gasteiger partial charge is 0.416 e. The van der Waals surface area contributed by atoms with Gasteiger partial charge in [-0.25, -0.2) is 4.98 Å². The quantitative estimate of drug-likeness (QED) is 0.679. The van der Waals surface area contributed by atoms with Crippen LogP contribution >= 0.6 is 0 Å². The van der Waals surface area contributed by atoms with Crippen LogP contribution in [0.15, 0.2) is 48.5 Å². The molecular formula is C21H19F3N4O2. The number of rotatable bonds is 4. The van der Waals surface area contributed by atoms with Gasteiger partial charge in [0, 0.05) is 18.7 Å². The molecule has 3 aromatic rings. The van der Waals surface area contributed by atoms with Crippen molar-refractivity contribution in [2.75, 3.05) is 11.4 Å². The van der Waals surface area contributed by atoms with E-state index in [2.05, 4.69) is 15.3 Å². The van der Waals surface area contributed by atoms with Gasteiger partial charge in [0.15, 0.2) is 0 Å². The van der Waals surface area contributed by atoms with Gasteiger partial charge in [-0.3, -0.25) is 9.59 Å². The van der Waals surface area contributed by atoms with E-state index in [4.69, 9.17) is 0 Å². The molecule has 1 aromatic heterocycles. The number of para-hydroxylation sites is 2. The minimum atomic E-state index is -4.50. The number of halogens is 3. The third-order valence-electron chi connectivity index (χ3n) is 5.16. The second-order valence-corrected chi connectivity index (χ2v) is 7.32. The summed E-state index contributed by atoms with van der Waals surface area (Å²) in [5.74, 6) is -0.792. The van der Waals surface area contributed by atoms with Crippen molar-refractivity contribution in [2.45, 2.75) is 25.6 Å². The molecule has 4 rings (SSSR count). The molecule has 0 unspecified atom stereocenters. The highest BCUT2D eigenvalue weighted by Gasteiger charge is 2.37. The number of amides is 2. The van der Waals surface area contributed by atoms with Gasteiger partial charge in [-0.15, -0.1) is 0 Å². The molecule has 9 heteroatoms. The van der Waals surface area contributed by atoms with E-state index < -0.39 is 23.7 Å². The Hall–Kier alpha value is -3.36. The SMILES string of the molecule is C[C@H](NC(=O)[C@@H]1CC(=O)N(c2cccc(C(F)(F)F)c2)C1)c1nc2ccccc2[nH]1. The zero-order valence-corrected chi connectivity index (χ0v) is 16.0. The number of carbonyl (C=O) groups is 2. The molecule has 2 N–H and O–H groups in total. The summed E-state index contributed by atoms with van der Waals surface area (Å²) in [7, 11) is 0. The average Bonchev–Trinajstić information content (AvgIpc) is 3.31. The van der Waals surface area contributed by atoms with Crippen molar-refractivity contribution in [1.29, 1.82) is 0 Å². The maximum absolute atomic E-state index is 13.0. The van der Waals surface area contributed by atoms with Crippen LogP contribution in [0.3, 0.4) is 0 Å². The van der Waals surface area contributed by atoms with Crippen molar-refractivity contribution in [2.24, 2.45) is 5.92 Å². The van der Waals surface area contributed by atoms with Crippen LogP contribution in [-0.2, 0) is 15.8 Å². The molecule has 0 bridgehead atoms. The summed E-state index contributed by atoms with van der Waals surface area (Å²) in [5, 5.41) is 2.84. The third-order valence-corrected chi connectivity index (χ3v) is 5.16. The molecule has 1 saturated heterocycles. The normalized spacial score (nSPS) is 18.1. The predicted octanol–water partition coefficient (Wildman–Crippen LogP) is 3.81. The number of fused-ring (bicyclic) bond motifs is 1. The fourth-order valence-corrected chi connectivity index (χ4v) is 3.56. The highest BCUT2D eigenvalue weighted by atomic mass is 19.4. The molecule has 2 heterocycles. The first kappa shape index (κ1) is 19.9. The minimum absolute atomic E-state index is 0.0266. The van der Waals surface area contributed by atoms with Crippen molar-refractivity contribution < 1.29 is 22.8 Å². The molecule has 2 amide bonds. The number of benzene rings is 2. The van der Waals surface area contributed by atoms with Crippen molar-refractivity contribution >= 4 is 28.5 Å². The standard InChI is InChI=1S/C21H19F3N4O2/c1-12(19-26-16-7-2-3-8-17(16)27-19)25-20(30)13-9-18(29)28(11-13)15-6-4-5-14(10-15)21(22,23)24/h2-8,10,12-13H,9,11H2,1H3,(H,25,30)(H,26,27)/t12-,13+/m0/s1. The number of nitrogens with zero attached hydrogens (tertiary/aromatic N) is 2. The molecule has 156 valence electrons. The summed E-state index contributed by atoms with van der Waals surface area (Å²) in [5.41, 5.74) is 0.926. The van der Waals surface area contributed by atoms with Crippen molar-refractivity contribution in [1.82, 2.24) is 15.3 Å². The van der Waals surface area contributed by atoms with Crippen LogP contribution in [0.1, 0.15) is 30.8 Å². The van der Waals surface area contributed by atoms with E-state index in [1.807, 2.05) is 24.3 Å². The lowest BCUT2D eigenvalue weighted by Gasteiger charge is -2.19. The van der Waals surface area contributed by atoms with Crippen LogP contribution < -0.4 is 10.2 Å². The summed E-state index contributed by atoms with van der Waals surface area (Å²) >= 11 is 0. The second-order valence-electron chi connectivity index (χ2n) is 7.32. The fraction of sp³-hybridized carbons (Fsp3) is 0.286. The van der Waals surface area contributed by atoms with Crippen LogP contribution in [0.25, 0.3) is 11.0 Å². The van der Waals surface area contributed by atoms with Crippen LogP contribution in [0.2, 0.25) is 0 Å². The van der Waals surface area contributed by atoms with E-state index in [1.165, 1.54) is 17.0 Å². The lowest BCUT2D eigenvalue weighted by atomic mass is 10.1. The molecule has 6 nitrogen and oxygen atoms in total. The van der Waals surface area contributed by atoms with Gasteiger partial charge in [0.2, 0.25) is 11.8 Å². The number of hydrogen-bond acceptors (Lipinski definition) is 3.